The Hall–Kier alpha value is -1.79. The molecular weight excluding hydrogens is 284 g/mol. The summed E-state index contributed by atoms with van der Waals surface area (Å²) in [6.45, 7) is 2.21. The average molecular weight is 301 g/mol. The second-order valence-corrected chi connectivity index (χ2v) is 4.55. The topological polar surface area (TPSA) is 76.7 Å². The van der Waals surface area contributed by atoms with Crippen LogP contribution < -0.4 is 10.6 Å². The molecule has 0 saturated heterocycles. The summed E-state index contributed by atoms with van der Waals surface area (Å²) in [6, 6.07) is 4.03. The maximum Gasteiger partial charge on any atom is 0.339 e. The van der Waals surface area contributed by atoms with Gasteiger partial charge in [-0.05, 0) is 25.1 Å². The van der Waals surface area contributed by atoms with Crippen molar-refractivity contribution in [3.05, 3.63) is 28.8 Å². The first-order valence-corrected chi connectivity index (χ1v) is 6.30. The third-order valence-corrected chi connectivity index (χ3v) is 2.75. The van der Waals surface area contributed by atoms with Crippen LogP contribution in [0.15, 0.2) is 18.2 Å². The standard InChI is InChI=1S/C13H17ClN2O4/c1-8(7-19-2)15-13(18)16-9-4-5-11(14)10(6-9)12(17)20-3/h4-6,8H,7H2,1-3H3,(H2,15,16,18). The van der Waals surface area contributed by atoms with Gasteiger partial charge < -0.3 is 20.1 Å². The van der Waals surface area contributed by atoms with Gasteiger partial charge in [0.15, 0.2) is 0 Å². The van der Waals surface area contributed by atoms with E-state index < -0.39 is 12.0 Å². The predicted octanol–water partition coefficient (Wildman–Crippen LogP) is 2.28. The van der Waals surface area contributed by atoms with Crippen molar-refractivity contribution in [2.24, 2.45) is 0 Å². The lowest BCUT2D eigenvalue weighted by atomic mass is 10.2. The van der Waals surface area contributed by atoms with E-state index >= 15 is 0 Å². The highest BCUT2D eigenvalue weighted by Gasteiger charge is 2.13. The van der Waals surface area contributed by atoms with E-state index in [0.29, 0.717) is 12.3 Å². The highest BCUT2D eigenvalue weighted by molar-refractivity contribution is 6.33. The highest BCUT2D eigenvalue weighted by atomic mass is 35.5. The number of esters is 1. The second-order valence-electron chi connectivity index (χ2n) is 4.14. The number of amides is 2. The lowest BCUT2D eigenvalue weighted by molar-refractivity contribution is 0.0601. The Morgan fingerprint density at radius 1 is 1.35 bits per heavy atom. The summed E-state index contributed by atoms with van der Waals surface area (Å²) in [6.07, 6.45) is 0. The third-order valence-electron chi connectivity index (χ3n) is 2.42. The van der Waals surface area contributed by atoms with E-state index in [-0.39, 0.29) is 16.6 Å². The largest absolute Gasteiger partial charge is 0.465 e. The van der Waals surface area contributed by atoms with Gasteiger partial charge in [0.25, 0.3) is 0 Å². The minimum atomic E-state index is -0.563. The first-order chi connectivity index (χ1) is 9.47. The SMILES string of the molecule is COCC(C)NC(=O)Nc1ccc(Cl)c(C(=O)OC)c1. The van der Waals surface area contributed by atoms with Crippen LogP contribution in [0.3, 0.4) is 0 Å². The third kappa shape index (κ3) is 4.71. The van der Waals surface area contributed by atoms with Gasteiger partial charge in [-0.2, -0.15) is 0 Å². The number of ether oxygens (including phenoxy) is 2. The number of anilines is 1. The number of hydrogen-bond donors (Lipinski definition) is 2. The van der Waals surface area contributed by atoms with Gasteiger partial charge in [0, 0.05) is 12.8 Å². The molecule has 0 spiro atoms. The first kappa shape index (κ1) is 16.3. The van der Waals surface area contributed by atoms with Gasteiger partial charge in [0.2, 0.25) is 0 Å². The number of urea groups is 1. The summed E-state index contributed by atoms with van der Waals surface area (Å²) in [4.78, 5) is 23.2. The summed E-state index contributed by atoms with van der Waals surface area (Å²) in [5.74, 6) is -0.563. The minimum Gasteiger partial charge on any atom is -0.465 e. The quantitative estimate of drug-likeness (QED) is 0.818. The average Bonchev–Trinajstić information content (AvgIpc) is 2.40. The van der Waals surface area contributed by atoms with Crippen molar-refractivity contribution < 1.29 is 19.1 Å². The van der Waals surface area contributed by atoms with E-state index in [1.807, 2.05) is 6.92 Å². The van der Waals surface area contributed by atoms with Crippen LogP contribution in [0.5, 0.6) is 0 Å². The molecule has 1 aromatic carbocycles. The molecule has 2 N–H and O–H groups in total. The van der Waals surface area contributed by atoms with E-state index in [2.05, 4.69) is 15.4 Å². The molecule has 0 bridgehead atoms. The Morgan fingerprint density at radius 2 is 2.05 bits per heavy atom. The molecule has 1 aromatic rings. The maximum atomic E-state index is 11.7. The Bertz CT molecular complexity index is 493. The zero-order valence-corrected chi connectivity index (χ0v) is 12.3. The van der Waals surface area contributed by atoms with Crippen molar-refractivity contribution >= 4 is 29.3 Å². The molecule has 20 heavy (non-hydrogen) atoms. The number of methoxy groups -OCH3 is 2. The zero-order chi connectivity index (χ0) is 15.1. The number of carbonyl (C=O) groups excluding carboxylic acids is 2. The van der Waals surface area contributed by atoms with E-state index in [9.17, 15) is 9.59 Å². The van der Waals surface area contributed by atoms with Gasteiger partial charge in [-0.25, -0.2) is 9.59 Å². The molecule has 1 rings (SSSR count). The van der Waals surface area contributed by atoms with Crippen molar-refractivity contribution in [2.45, 2.75) is 13.0 Å². The Kier molecular flexibility index (Phi) is 6.27. The summed E-state index contributed by atoms with van der Waals surface area (Å²) in [5, 5.41) is 5.55. The lowest BCUT2D eigenvalue weighted by Crippen LogP contribution is -2.38. The molecule has 0 aliphatic carbocycles. The fourth-order valence-electron chi connectivity index (χ4n) is 1.55. The van der Waals surface area contributed by atoms with Crippen LogP contribution in [0.1, 0.15) is 17.3 Å². The van der Waals surface area contributed by atoms with Crippen LogP contribution in [0.4, 0.5) is 10.5 Å². The minimum absolute atomic E-state index is 0.132. The Morgan fingerprint density at radius 3 is 2.65 bits per heavy atom. The summed E-state index contributed by atoms with van der Waals surface area (Å²) in [5.41, 5.74) is 0.633. The fraction of sp³-hybridized carbons (Fsp3) is 0.385. The van der Waals surface area contributed by atoms with Crippen LogP contribution in [-0.2, 0) is 9.47 Å². The van der Waals surface area contributed by atoms with Crippen LogP contribution in [0.25, 0.3) is 0 Å². The maximum absolute atomic E-state index is 11.7. The number of hydrogen-bond acceptors (Lipinski definition) is 4. The van der Waals surface area contributed by atoms with Crippen molar-refractivity contribution in [1.82, 2.24) is 5.32 Å². The molecule has 2 amide bonds. The zero-order valence-electron chi connectivity index (χ0n) is 11.5. The molecular formula is C13H17ClN2O4. The monoisotopic (exact) mass is 300 g/mol. The molecule has 6 nitrogen and oxygen atoms in total. The predicted molar refractivity (Wildman–Crippen MR) is 76.3 cm³/mol. The molecule has 0 aliphatic heterocycles. The molecule has 7 heteroatoms. The molecule has 0 saturated carbocycles. The van der Waals surface area contributed by atoms with E-state index in [0.717, 1.165) is 0 Å². The fourth-order valence-corrected chi connectivity index (χ4v) is 1.75. The van der Waals surface area contributed by atoms with Crippen LogP contribution in [0, 0.1) is 0 Å². The molecule has 110 valence electrons. The molecule has 0 fully saturated rings. The summed E-state index contributed by atoms with van der Waals surface area (Å²) >= 11 is 5.89. The molecule has 0 heterocycles. The van der Waals surface area contributed by atoms with Crippen LogP contribution >= 0.6 is 11.6 Å². The second kappa shape index (κ2) is 7.72. The molecule has 1 unspecified atom stereocenters. The number of halogens is 1. The van der Waals surface area contributed by atoms with Gasteiger partial charge in [-0.3, -0.25) is 0 Å². The van der Waals surface area contributed by atoms with E-state index in [4.69, 9.17) is 16.3 Å². The molecule has 1 atom stereocenters. The van der Waals surface area contributed by atoms with Gasteiger partial charge >= 0.3 is 12.0 Å². The number of carbonyl (C=O) groups is 2. The van der Waals surface area contributed by atoms with Crippen molar-refractivity contribution in [3.63, 3.8) is 0 Å². The Labute approximate surface area is 122 Å². The highest BCUT2D eigenvalue weighted by Crippen LogP contribution is 2.21. The van der Waals surface area contributed by atoms with E-state index in [1.54, 1.807) is 13.2 Å². The van der Waals surface area contributed by atoms with Crippen molar-refractivity contribution in [3.8, 4) is 0 Å². The summed E-state index contributed by atoms with van der Waals surface area (Å²) in [7, 11) is 2.82. The van der Waals surface area contributed by atoms with E-state index in [1.165, 1.54) is 19.2 Å². The van der Waals surface area contributed by atoms with Crippen LogP contribution in [0.2, 0.25) is 5.02 Å². The molecule has 0 radical (unpaired) electrons. The van der Waals surface area contributed by atoms with Gasteiger partial charge in [0.1, 0.15) is 0 Å². The van der Waals surface area contributed by atoms with Gasteiger partial charge in [-0.15, -0.1) is 0 Å². The van der Waals surface area contributed by atoms with Gasteiger partial charge in [-0.1, -0.05) is 11.6 Å². The van der Waals surface area contributed by atoms with Crippen molar-refractivity contribution in [2.75, 3.05) is 26.1 Å². The number of benzene rings is 1. The summed E-state index contributed by atoms with van der Waals surface area (Å²) < 4.78 is 9.52. The van der Waals surface area contributed by atoms with Crippen molar-refractivity contribution in [1.29, 1.82) is 0 Å². The lowest BCUT2D eigenvalue weighted by Gasteiger charge is -2.14. The van der Waals surface area contributed by atoms with Crippen LogP contribution in [-0.4, -0.2) is 38.9 Å². The molecule has 0 aromatic heterocycles. The smallest absolute Gasteiger partial charge is 0.339 e. The normalized spacial score (nSPS) is 11.6. The van der Waals surface area contributed by atoms with Gasteiger partial charge in [0.05, 0.1) is 30.3 Å². The number of nitrogens with one attached hydrogen (secondary N) is 2. The molecule has 0 aliphatic rings. The number of rotatable bonds is 5. The first-order valence-electron chi connectivity index (χ1n) is 5.92. The Balaban J connectivity index is 2.73.